The molecule has 0 saturated carbocycles. The second-order valence-corrected chi connectivity index (χ2v) is 33.5. The lowest BCUT2D eigenvalue weighted by molar-refractivity contribution is -0.161. The molecule has 0 bridgehead atoms. The van der Waals surface area contributed by atoms with Crippen LogP contribution in [0.3, 0.4) is 0 Å². The first-order valence-corrected chi connectivity index (χ1v) is 46.0. The third-order valence-corrected chi connectivity index (χ3v) is 21.7. The highest BCUT2D eigenvalue weighted by atomic mass is 31.2. The molecule has 0 rings (SSSR count). The summed E-state index contributed by atoms with van der Waals surface area (Å²) in [6.45, 7) is 9.64. The Morgan fingerprint density at radius 3 is 0.745 bits per heavy atom. The SMILES string of the molecule is CCCCCCCCCCCCCCCCCCCCCC(=O)OC[C@H](COP(=O)(O)OC[C@@H](O)COP(=O)(O)OC[C@@H](COC(=O)CCCCCCCCC(C)CC)OC(=O)CCCCCCCCCCCCCCCC)OC(=O)CCCCCCCCCCCCCCCCCCC(C)C. The summed E-state index contributed by atoms with van der Waals surface area (Å²) in [5.74, 6) is -0.566. The van der Waals surface area contributed by atoms with Crippen LogP contribution in [0.1, 0.15) is 440 Å². The zero-order valence-corrected chi connectivity index (χ0v) is 68.7. The van der Waals surface area contributed by atoms with Crippen LogP contribution < -0.4 is 0 Å². The Bertz CT molecular complexity index is 1960. The molecule has 19 heteroatoms. The van der Waals surface area contributed by atoms with Crippen molar-refractivity contribution in [2.75, 3.05) is 39.6 Å². The van der Waals surface area contributed by atoms with Gasteiger partial charge in [-0.25, -0.2) is 9.13 Å². The van der Waals surface area contributed by atoms with Gasteiger partial charge in [-0.15, -0.1) is 0 Å². The average Bonchev–Trinajstić information content (AvgIpc) is 0.913. The molecular formula is C83H162O17P2. The molecule has 0 aromatic rings. The quantitative estimate of drug-likeness (QED) is 0.0222. The summed E-state index contributed by atoms with van der Waals surface area (Å²) in [6, 6.07) is 0. The number of carbonyl (C=O) groups excluding carboxylic acids is 4. The first kappa shape index (κ1) is 100. The van der Waals surface area contributed by atoms with E-state index in [1.54, 1.807) is 0 Å². The topological polar surface area (TPSA) is 237 Å². The third-order valence-electron chi connectivity index (χ3n) is 19.8. The monoisotopic (exact) mass is 1490 g/mol. The lowest BCUT2D eigenvalue weighted by atomic mass is 10.00. The van der Waals surface area contributed by atoms with Crippen LogP contribution in [0.25, 0.3) is 0 Å². The van der Waals surface area contributed by atoms with Crippen molar-refractivity contribution >= 4 is 39.5 Å². The van der Waals surface area contributed by atoms with Crippen molar-refractivity contribution in [2.45, 2.75) is 458 Å². The van der Waals surface area contributed by atoms with Crippen molar-refractivity contribution in [3.63, 3.8) is 0 Å². The van der Waals surface area contributed by atoms with E-state index in [9.17, 15) is 43.2 Å². The normalized spacial score (nSPS) is 14.1. The summed E-state index contributed by atoms with van der Waals surface area (Å²) in [6.07, 6.45) is 65.3. The van der Waals surface area contributed by atoms with Gasteiger partial charge in [0.25, 0.3) is 0 Å². The van der Waals surface area contributed by atoms with Crippen molar-refractivity contribution in [2.24, 2.45) is 11.8 Å². The van der Waals surface area contributed by atoms with Crippen LogP contribution in [0.5, 0.6) is 0 Å². The van der Waals surface area contributed by atoms with Crippen molar-refractivity contribution < 1.29 is 80.2 Å². The minimum Gasteiger partial charge on any atom is -0.462 e. The lowest BCUT2D eigenvalue weighted by Gasteiger charge is -2.21. The summed E-state index contributed by atoms with van der Waals surface area (Å²) < 4.78 is 68.8. The van der Waals surface area contributed by atoms with E-state index in [4.69, 9.17) is 37.0 Å². The number of aliphatic hydroxyl groups is 1. The Kier molecular flexibility index (Phi) is 73.1. The first-order valence-electron chi connectivity index (χ1n) is 43.0. The van der Waals surface area contributed by atoms with Crippen LogP contribution >= 0.6 is 15.6 Å². The van der Waals surface area contributed by atoms with Crippen molar-refractivity contribution in [1.82, 2.24) is 0 Å². The maximum Gasteiger partial charge on any atom is 0.472 e. The van der Waals surface area contributed by atoms with E-state index in [1.165, 1.54) is 250 Å². The number of unbranched alkanes of at least 4 members (excludes halogenated alkanes) is 51. The number of carbonyl (C=O) groups is 4. The Labute approximate surface area is 626 Å². The molecule has 0 aliphatic carbocycles. The van der Waals surface area contributed by atoms with Crippen LogP contribution in [0.4, 0.5) is 0 Å². The van der Waals surface area contributed by atoms with E-state index in [-0.39, 0.29) is 25.7 Å². The second-order valence-electron chi connectivity index (χ2n) is 30.6. The van der Waals surface area contributed by atoms with E-state index >= 15 is 0 Å². The molecule has 0 spiro atoms. The molecular weight excluding hydrogens is 1330 g/mol. The molecule has 3 unspecified atom stereocenters. The minimum atomic E-state index is -4.96. The zero-order valence-electron chi connectivity index (χ0n) is 66.9. The van der Waals surface area contributed by atoms with Gasteiger partial charge in [0.15, 0.2) is 12.2 Å². The smallest absolute Gasteiger partial charge is 0.462 e. The molecule has 0 aromatic heterocycles. The fourth-order valence-electron chi connectivity index (χ4n) is 12.9. The van der Waals surface area contributed by atoms with Crippen LogP contribution in [0.2, 0.25) is 0 Å². The number of rotatable bonds is 82. The van der Waals surface area contributed by atoms with Crippen LogP contribution in [-0.2, 0) is 65.4 Å². The second kappa shape index (κ2) is 74.5. The van der Waals surface area contributed by atoms with Gasteiger partial charge in [0.05, 0.1) is 26.4 Å². The fraction of sp³-hybridized carbons (Fsp3) is 0.952. The van der Waals surface area contributed by atoms with Gasteiger partial charge in [-0.2, -0.15) is 0 Å². The highest BCUT2D eigenvalue weighted by molar-refractivity contribution is 7.47. The predicted molar refractivity (Wildman–Crippen MR) is 418 cm³/mol. The summed E-state index contributed by atoms with van der Waals surface area (Å²) in [5.41, 5.74) is 0. The number of esters is 4. The summed E-state index contributed by atoms with van der Waals surface area (Å²) in [4.78, 5) is 73.1. The molecule has 606 valence electrons. The molecule has 0 saturated heterocycles. The third kappa shape index (κ3) is 74.9. The van der Waals surface area contributed by atoms with Gasteiger partial charge < -0.3 is 33.8 Å². The number of aliphatic hydroxyl groups excluding tert-OH is 1. The van der Waals surface area contributed by atoms with Crippen LogP contribution in [0.15, 0.2) is 0 Å². The van der Waals surface area contributed by atoms with Gasteiger partial charge >= 0.3 is 39.5 Å². The molecule has 0 aliphatic heterocycles. The Balaban J connectivity index is 5.23. The number of hydrogen-bond acceptors (Lipinski definition) is 15. The summed E-state index contributed by atoms with van der Waals surface area (Å²) in [5, 5.41) is 10.7. The predicted octanol–water partition coefficient (Wildman–Crippen LogP) is 25.1. The van der Waals surface area contributed by atoms with Crippen molar-refractivity contribution in [1.29, 1.82) is 0 Å². The molecule has 0 radical (unpaired) electrons. The highest BCUT2D eigenvalue weighted by Gasteiger charge is 2.30. The number of hydrogen-bond donors (Lipinski definition) is 3. The number of phosphoric ester groups is 2. The number of phosphoric acid groups is 2. The molecule has 17 nitrogen and oxygen atoms in total. The first-order chi connectivity index (χ1) is 49.4. The molecule has 0 amide bonds. The molecule has 0 aromatic carbocycles. The van der Waals surface area contributed by atoms with Crippen LogP contribution in [0, 0.1) is 11.8 Å². The van der Waals surface area contributed by atoms with Crippen LogP contribution in [-0.4, -0.2) is 96.7 Å². The van der Waals surface area contributed by atoms with E-state index < -0.39 is 97.5 Å². The van der Waals surface area contributed by atoms with Gasteiger partial charge in [0.1, 0.15) is 19.3 Å². The molecule has 0 heterocycles. The lowest BCUT2D eigenvalue weighted by Crippen LogP contribution is -2.30. The molecule has 0 aliphatic rings. The van der Waals surface area contributed by atoms with Gasteiger partial charge in [0, 0.05) is 25.7 Å². The Hall–Kier alpha value is -1.94. The zero-order chi connectivity index (χ0) is 74.9. The Morgan fingerprint density at radius 1 is 0.284 bits per heavy atom. The van der Waals surface area contributed by atoms with Gasteiger partial charge in [-0.3, -0.25) is 37.3 Å². The van der Waals surface area contributed by atoms with Gasteiger partial charge in [-0.1, -0.05) is 388 Å². The maximum absolute atomic E-state index is 13.1. The van der Waals surface area contributed by atoms with E-state index in [2.05, 4.69) is 41.5 Å². The van der Waals surface area contributed by atoms with Crippen molar-refractivity contribution in [3.8, 4) is 0 Å². The van der Waals surface area contributed by atoms with E-state index in [0.717, 1.165) is 108 Å². The largest absolute Gasteiger partial charge is 0.472 e. The maximum atomic E-state index is 13.1. The Morgan fingerprint density at radius 2 is 0.500 bits per heavy atom. The molecule has 0 fully saturated rings. The average molecular weight is 1490 g/mol. The fourth-order valence-corrected chi connectivity index (χ4v) is 14.4. The minimum absolute atomic E-state index is 0.107. The number of ether oxygens (including phenoxy) is 4. The van der Waals surface area contributed by atoms with Crippen molar-refractivity contribution in [3.05, 3.63) is 0 Å². The summed E-state index contributed by atoms with van der Waals surface area (Å²) >= 11 is 0. The van der Waals surface area contributed by atoms with E-state index in [0.29, 0.717) is 25.7 Å². The molecule has 3 N–H and O–H groups in total. The molecule has 6 atom stereocenters. The standard InChI is InChI=1S/C83H162O17P2/c1-7-10-12-14-16-18-20-22-24-25-26-27-31-35-38-42-46-53-59-65-80(85)93-71-78(99-82(87)68-62-56-48-44-40-36-32-29-28-30-33-37-41-45-51-57-63-75(4)5)73-97-101(89,90)95-69-77(84)70-96-102(91,92)98-74-79(72-94-81(86)66-60-54-50-49-52-58-64-76(6)9-3)100-83(88)67-61-55-47-43-39-34-23-21-19-17-15-13-11-8-2/h75-79,84H,7-74H2,1-6H3,(H,89,90)(H,91,92)/t76?,77-,78-,79-/m1/s1. The van der Waals surface area contributed by atoms with Gasteiger partial charge in [-0.05, 0) is 37.5 Å². The highest BCUT2D eigenvalue weighted by Crippen LogP contribution is 2.45. The molecule has 102 heavy (non-hydrogen) atoms. The summed E-state index contributed by atoms with van der Waals surface area (Å²) in [7, 11) is -9.92. The van der Waals surface area contributed by atoms with Gasteiger partial charge in [0.2, 0.25) is 0 Å². The van der Waals surface area contributed by atoms with E-state index in [1.807, 2.05) is 0 Å².